The summed E-state index contributed by atoms with van der Waals surface area (Å²) in [6, 6.07) is 1.74. The number of halogens is 1. The number of hydrogen-bond donors (Lipinski definition) is 2. The lowest BCUT2D eigenvalue weighted by molar-refractivity contribution is 0.327. The van der Waals surface area contributed by atoms with Crippen LogP contribution < -0.4 is 10.0 Å². The lowest BCUT2D eigenvalue weighted by atomic mass is 9.96. The molecular weight excluding hydrogens is 304 g/mol. The molecule has 1 aromatic heterocycles. The number of piperidine rings is 1. The van der Waals surface area contributed by atoms with Crippen molar-refractivity contribution in [2.24, 2.45) is 5.92 Å². The van der Waals surface area contributed by atoms with E-state index in [1.54, 1.807) is 6.07 Å². The van der Waals surface area contributed by atoms with E-state index in [1.165, 1.54) is 11.3 Å². The van der Waals surface area contributed by atoms with Gasteiger partial charge in [0, 0.05) is 22.3 Å². The van der Waals surface area contributed by atoms with Crippen LogP contribution >= 0.6 is 23.7 Å². The Hall–Kier alpha value is -0.140. The molecule has 0 radical (unpaired) electrons. The second kappa shape index (κ2) is 6.54. The molecule has 0 amide bonds. The van der Waals surface area contributed by atoms with Gasteiger partial charge in [-0.2, -0.15) is 0 Å². The zero-order chi connectivity index (χ0) is 13.3. The predicted molar refractivity (Wildman–Crippen MR) is 81.8 cm³/mol. The Morgan fingerprint density at radius 2 is 2.11 bits per heavy atom. The molecule has 2 N–H and O–H groups in total. The van der Waals surface area contributed by atoms with Crippen LogP contribution in [0.15, 0.2) is 11.0 Å². The highest BCUT2D eigenvalue weighted by Crippen LogP contribution is 2.25. The number of hydrogen-bond acceptors (Lipinski definition) is 4. The minimum absolute atomic E-state index is 0. The molecule has 2 heterocycles. The predicted octanol–water partition coefficient (Wildman–Crippen LogP) is 2.06. The lowest BCUT2D eigenvalue weighted by Crippen LogP contribution is -2.50. The molecule has 0 bridgehead atoms. The minimum atomic E-state index is -3.38. The van der Waals surface area contributed by atoms with Gasteiger partial charge < -0.3 is 5.32 Å². The first kappa shape index (κ1) is 16.9. The van der Waals surface area contributed by atoms with Crippen molar-refractivity contribution in [2.45, 2.75) is 38.1 Å². The third-order valence-electron chi connectivity index (χ3n) is 3.42. The van der Waals surface area contributed by atoms with Gasteiger partial charge in [0.25, 0.3) is 0 Å². The van der Waals surface area contributed by atoms with Gasteiger partial charge in [-0.3, -0.25) is 0 Å². The Morgan fingerprint density at radius 1 is 1.42 bits per heavy atom. The fourth-order valence-corrected chi connectivity index (χ4v) is 5.18. The van der Waals surface area contributed by atoms with E-state index in [9.17, 15) is 8.42 Å². The molecule has 0 saturated carbocycles. The molecule has 0 spiro atoms. The summed E-state index contributed by atoms with van der Waals surface area (Å²) < 4.78 is 27.5. The molecule has 0 aliphatic carbocycles. The van der Waals surface area contributed by atoms with Gasteiger partial charge in [0.2, 0.25) is 10.0 Å². The van der Waals surface area contributed by atoms with Crippen LogP contribution in [0.5, 0.6) is 0 Å². The van der Waals surface area contributed by atoms with Crippen molar-refractivity contribution in [3.63, 3.8) is 0 Å². The van der Waals surface area contributed by atoms with Crippen LogP contribution in [0.1, 0.15) is 23.1 Å². The highest BCUT2D eigenvalue weighted by atomic mass is 35.5. The molecule has 1 fully saturated rings. The van der Waals surface area contributed by atoms with Crippen molar-refractivity contribution in [3.05, 3.63) is 15.8 Å². The lowest BCUT2D eigenvalue weighted by Gasteiger charge is -2.29. The monoisotopic (exact) mass is 324 g/mol. The van der Waals surface area contributed by atoms with Crippen molar-refractivity contribution in [3.8, 4) is 0 Å². The standard InChI is InChI=1S/C12H20N2O2S2.ClH/c1-8-4-5-13-7-11(8)14-18(15,16)12-6-9(2)17-10(12)3;/h6,8,11,13-14H,4-5,7H2,1-3H3;1H. The van der Waals surface area contributed by atoms with Crippen molar-refractivity contribution in [1.29, 1.82) is 0 Å². The van der Waals surface area contributed by atoms with Crippen molar-refractivity contribution >= 4 is 33.8 Å². The number of rotatable bonds is 3. The topological polar surface area (TPSA) is 58.2 Å². The maximum atomic E-state index is 12.3. The first-order chi connectivity index (χ1) is 8.40. The van der Waals surface area contributed by atoms with E-state index in [2.05, 4.69) is 17.0 Å². The quantitative estimate of drug-likeness (QED) is 0.895. The fourth-order valence-electron chi connectivity index (χ4n) is 2.28. The van der Waals surface area contributed by atoms with Gasteiger partial charge in [0.1, 0.15) is 0 Å². The van der Waals surface area contributed by atoms with Crippen molar-refractivity contribution in [1.82, 2.24) is 10.0 Å². The van der Waals surface area contributed by atoms with Crippen LogP contribution in [-0.4, -0.2) is 27.5 Å². The van der Waals surface area contributed by atoms with E-state index in [0.29, 0.717) is 17.4 Å². The van der Waals surface area contributed by atoms with Gasteiger partial charge in [-0.05, 0) is 38.8 Å². The van der Waals surface area contributed by atoms with E-state index in [4.69, 9.17) is 0 Å². The van der Waals surface area contributed by atoms with E-state index >= 15 is 0 Å². The maximum absolute atomic E-state index is 12.3. The summed E-state index contributed by atoms with van der Waals surface area (Å²) in [4.78, 5) is 2.32. The summed E-state index contributed by atoms with van der Waals surface area (Å²) in [7, 11) is -3.38. The van der Waals surface area contributed by atoms with Gasteiger partial charge in [-0.15, -0.1) is 23.7 Å². The molecule has 1 aliphatic heterocycles. The molecule has 110 valence electrons. The first-order valence-corrected chi connectivity index (χ1v) is 8.50. The maximum Gasteiger partial charge on any atom is 0.241 e. The van der Waals surface area contributed by atoms with Gasteiger partial charge in [0.15, 0.2) is 0 Å². The zero-order valence-electron chi connectivity index (χ0n) is 11.4. The molecule has 0 aromatic carbocycles. The zero-order valence-corrected chi connectivity index (χ0v) is 13.8. The minimum Gasteiger partial charge on any atom is -0.315 e. The number of nitrogens with one attached hydrogen (secondary N) is 2. The van der Waals surface area contributed by atoms with Crippen LogP contribution in [0.25, 0.3) is 0 Å². The summed E-state index contributed by atoms with van der Waals surface area (Å²) in [5, 5.41) is 3.23. The smallest absolute Gasteiger partial charge is 0.241 e. The molecule has 19 heavy (non-hydrogen) atoms. The summed E-state index contributed by atoms with van der Waals surface area (Å²) in [5.41, 5.74) is 0. The molecule has 2 atom stereocenters. The molecule has 2 unspecified atom stereocenters. The van der Waals surface area contributed by atoms with Crippen molar-refractivity contribution < 1.29 is 8.42 Å². The van der Waals surface area contributed by atoms with Gasteiger partial charge in [-0.1, -0.05) is 6.92 Å². The third kappa shape index (κ3) is 3.92. The SMILES string of the molecule is Cc1cc(S(=O)(=O)NC2CNCCC2C)c(C)s1.Cl. The van der Waals surface area contributed by atoms with Crippen LogP contribution in [-0.2, 0) is 10.0 Å². The normalized spacial score (nSPS) is 23.9. The molecule has 1 saturated heterocycles. The summed E-state index contributed by atoms with van der Waals surface area (Å²) in [5.74, 6) is 0.376. The fraction of sp³-hybridized carbons (Fsp3) is 0.667. The number of aryl methyl sites for hydroxylation is 2. The van der Waals surface area contributed by atoms with E-state index in [-0.39, 0.29) is 18.4 Å². The first-order valence-electron chi connectivity index (χ1n) is 6.20. The molecule has 1 aliphatic rings. The second-order valence-corrected chi connectivity index (χ2v) is 8.12. The van der Waals surface area contributed by atoms with Gasteiger partial charge in [0.05, 0.1) is 4.90 Å². The van der Waals surface area contributed by atoms with E-state index in [0.717, 1.165) is 22.7 Å². The molecule has 4 nitrogen and oxygen atoms in total. The highest BCUT2D eigenvalue weighted by molar-refractivity contribution is 7.89. The Morgan fingerprint density at radius 3 is 2.63 bits per heavy atom. The van der Waals surface area contributed by atoms with E-state index < -0.39 is 10.0 Å². The molecule has 7 heteroatoms. The summed E-state index contributed by atoms with van der Waals surface area (Å²) in [6.45, 7) is 7.56. The molecule has 1 aromatic rings. The Kier molecular flexibility index (Phi) is 5.82. The van der Waals surface area contributed by atoms with Gasteiger partial charge in [-0.25, -0.2) is 13.1 Å². The second-order valence-electron chi connectivity index (χ2n) is 4.98. The molecule has 2 rings (SSSR count). The highest BCUT2D eigenvalue weighted by Gasteiger charge is 2.28. The number of sulfonamides is 1. The van der Waals surface area contributed by atoms with E-state index in [1.807, 2.05) is 13.8 Å². The average molecular weight is 325 g/mol. The third-order valence-corrected chi connectivity index (χ3v) is 6.13. The summed E-state index contributed by atoms with van der Waals surface area (Å²) >= 11 is 1.52. The van der Waals surface area contributed by atoms with Crippen LogP contribution in [0.3, 0.4) is 0 Å². The van der Waals surface area contributed by atoms with Gasteiger partial charge >= 0.3 is 0 Å². The summed E-state index contributed by atoms with van der Waals surface area (Å²) in [6.07, 6.45) is 1.01. The van der Waals surface area contributed by atoms with Crippen LogP contribution in [0.2, 0.25) is 0 Å². The van der Waals surface area contributed by atoms with Crippen LogP contribution in [0, 0.1) is 19.8 Å². The Balaban J connectivity index is 0.00000180. The average Bonchev–Trinajstić information content (AvgIpc) is 2.62. The number of thiophene rings is 1. The Bertz CT molecular complexity index is 528. The Labute approximate surface area is 125 Å². The van der Waals surface area contributed by atoms with Crippen LogP contribution in [0.4, 0.5) is 0 Å². The van der Waals surface area contributed by atoms with Crippen molar-refractivity contribution in [2.75, 3.05) is 13.1 Å². The molecular formula is C12H21ClN2O2S2. The largest absolute Gasteiger partial charge is 0.315 e.